The molecule has 0 N–H and O–H groups in total. The molecule has 2 atom stereocenters. The van der Waals surface area contributed by atoms with E-state index in [1.54, 1.807) is 22.3 Å². The fourth-order valence-corrected chi connectivity index (χ4v) is 23.3. The van der Waals surface area contributed by atoms with Crippen molar-refractivity contribution < 1.29 is 48.0 Å². The summed E-state index contributed by atoms with van der Waals surface area (Å²) in [6.45, 7) is 4.74. The zero-order valence-electron chi connectivity index (χ0n) is 29.4. The summed E-state index contributed by atoms with van der Waals surface area (Å²) in [5.41, 5.74) is 8.68. The minimum absolute atomic E-state index is 0. The van der Waals surface area contributed by atoms with Crippen molar-refractivity contribution in [3.05, 3.63) is 81.4 Å². The number of halogens is 2. The van der Waals surface area contributed by atoms with Crippen molar-refractivity contribution in [1.29, 1.82) is 0 Å². The SMILES string of the molecule is CCCCCCP(CCCCCC)C1=Cc2ccccc2[CH]1[Zr+2][CH]1C(P(C2CCCCC2)C2CCCCC2)=Cc2ccccc21.[Cl-].[Cl-]. The number of unbranched alkanes of at least 4 members (excludes halogenated alkanes) is 6. The minimum atomic E-state index is -0.875. The van der Waals surface area contributed by atoms with Crippen LogP contribution in [-0.4, -0.2) is 23.6 Å². The summed E-state index contributed by atoms with van der Waals surface area (Å²) < 4.78 is 1.57. The molecule has 0 nitrogen and oxygen atoms in total. The second-order valence-corrected chi connectivity index (χ2v) is 23.5. The van der Waals surface area contributed by atoms with E-state index in [0.717, 1.165) is 18.6 Å². The van der Waals surface area contributed by atoms with E-state index in [-0.39, 0.29) is 40.7 Å². The Morgan fingerprint density at radius 1 is 0.553 bits per heavy atom. The van der Waals surface area contributed by atoms with E-state index >= 15 is 0 Å². The molecule has 256 valence electrons. The maximum atomic E-state index is 2.82. The molecule has 0 heterocycles. The molecule has 2 saturated carbocycles. The smallest absolute Gasteiger partial charge is 1.00 e. The maximum absolute atomic E-state index is 2.82. The third-order valence-electron chi connectivity index (χ3n) is 11.3. The first-order valence-corrected chi connectivity index (χ1v) is 25.2. The molecule has 5 heteroatoms. The Bertz CT molecular complexity index is 1250. The third-order valence-corrected chi connectivity index (χ3v) is 23.6. The van der Waals surface area contributed by atoms with Crippen LogP contribution in [-0.2, 0) is 23.2 Å². The number of hydrogen-bond donors (Lipinski definition) is 0. The van der Waals surface area contributed by atoms with Crippen LogP contribution in [0, 0.1) is 0 Å². The maximum Gasteiger partial charge on any atom is -1.00 e. The Morgan fingerprint density at radius 2 is 1.00 bits per heavy atom. The average molecular weight is 789 g/mol. The summed E-state index contributed by atoms with van der Waals surface area (Å²) in [6.07, 6.45) is 34.9. The summed E-state index contributed by atoms with van der Waals surface area (Å²) in [4.78, 5) is 0. The average Bonchev–Trinajstić information content (AvgIpc) is 3.63. The van der Waals surface area contributed by atoms with E-state index in [2.05, 4.69) is 74.5 Å². The molecule has 6 rings (SSSR count). The van der Waals surface area contributed by atoms with Gasteiger partial charge in [0.25, 0.3) is 0 Å². The molecule has 2 unspecified atom stereocenters. The fourth-order valence-electron chi connectivity index (χ4n) is 8.90. The first kappa shape index (κ1) is 40.0. The van der Waals surface area contributed by atoms with Gasteiger partial charge in [0.1, 0.15) is 0 Å². The second kappa shape index (κ2) is 20.9. The van der Waals surface area contributed by atoms with Crippen LogP contribution in [0.2, 0.25) is 0 Å². The topological polar surface area (TPSA) is 0 Å². The van der Waals surface area contributed by atoms with Crippen LogP contribution < -0.4 is 24.8 Å². The number of benzene rings is 2. The number of rotatable bonds is 16. The molecule has 0 bridgehead atoms. The van der Waals surface area contributed by atoms with Crippen LogP contribution in [0.1, 0.15) is 159 Å². The molecule has 2 aromatic carbocycles. The largest absolute Gasteiger partial charge is 1.00 e. The van der Waals surface area contributed by atoms with E-state index in [1.807, 2.05) is 10.6 Å². The van der Waals surface area contributed by atoms with E-state index in [9.17, 15) is 0 Å². The Balaban J connectivity index is 0.00000250. The van der Waals surface area contributed by atoms with Crippen LogP contribution in [0.5, 0.6) is 0 Å². The zero-order chi connectivity index (χ0) is 30.8. The third kappa shape index (κ3) is 10.2. The van der Waals surface area contributed by atoms with E-state index in [0.29, 0.717) is 0 Å². The van der Waals surface area contributed by atoms with Crippen LogP contribution in [0.25, 0.3) is 12.2 Å². The minimum Gasteiger partial charge on any atom is -1.00 e. The Morgan fingerprint density at radius 3 is 1.49 bits per heavy atom. The molecular formula is C42H60Cl2P2Zr. The summed E-state index contributed by atoms with van der Waals surface area (Å²) in [7, 11) is -0.0714. The molecule has 0 spiro atoms. The predicted octanol–water partition coefficient (Wildman–Crippen LogP) is 8.06. The van der Waals surface area contributed by atoms with E-state index in [4.69, 9.17) is 0 Å². The van der Waals surface area contributed by atoms with E-state index in [1.165, 1.54) is 128 Å². The second-order valence-electron chi connectivity index (χ2n) is 14.5. The quantitative estimate of drug-likeness (QED) is 0.119. The van der Waals surface area contributed by atoms with Crippen LogP contribution >= 0.6 is 15.8 Å². The molecule has 47 heavy (non-hydrogen) atoms. The van der Waals surface area contributed by atoms with Gasteiger partial charge in [-0.15, -0.1) is 0 Å². The van der Waals surface area contributed by atoms with Crippen LogP contribution in [0.15, 0.2) is 59.2 Å². The zero-order valence-corrected chi connectivity index (χ0v) is 35.1. The van der Waals surface area contributed by atoms with Crippen molar-refractivity contribution in [3.8, 4) is 0 Å². The van der Waals surface area contributed by atoms with Crippen LogP contribution in [0.3, 0.4) is 0 Å². The summed E-state index contributed by atoms with van der Waals surface area (Å²) in [5.74, 6) is 0. The summed E-state index contributed by atoms with van der Waals surface area (Å²) >= 11 is -0.875. The van der Waals surface area contributed by atoms with Gasteiger partial charge in [-0.3, -0.25) is 0 Å². The van der Waals surface area contributed by atoms with E-state index < -0.39 is 23.2 Å². The monoisotopic (exact) mass is 786 g/mol. The molecule has 0 aliphatic heterocycles. The van der Waals surface area contributed by atoms with Crippen LogP contribution in [0.4, 0.5) is 0 Å². The molecule has 4 aliphatic rings. The normalized spacial score (nSPS) is 21.0. The standard InChI is InChI=1S/C21H28P.C21H32P.2ClH.Zr/c1-3-11-19(12-4-1)22(20-13-5-2-6-14-20)21-15-17-9-7-8-10-18(17)16-21;1-3-5-7-11-15-22(16-12-8-6-4-2)21-17-19-13-9-10-14-20(19)18-21;;;/h7-10,15-16,19-20H,1-6,11-14H2;9-10,13-14,17-18H,3-8,11-12,15-16H2,1-2H3;2*1H;/q;;;;+2/p-2. The molecule has 4 aliphatic carbocycles. The van der Waals surface area contributed by atoms with Crippen molar-refractivity contribution in [2.24, 2.45) is 0 Å². The number of allylic oxidation sites excluding steroid dienone is 2. The molecular weight excluding hydrogens is 729 g/mol. The molecule has 0 saturated heterocycles. The van der Waals surface area contributed by atoms with Gasteiger partial charge in [0.05, 0.1) is 0 Å². The number of fused-ring (bicyclic) bond motifs is 2. The van der Waals surface area contributed by atoms with Crippen molar-refractivity contribution >= 4 is 28.0 Å². The molecule has 2 aromatic rings. The van der Waals surface area contributed by atoms with Gasteiger partial charge < -0.3 is 24.8 Å². The van der Waals surface area contributed by atoms with Crippen molar-refractivity contribution in [2.75, 3.05) is 12.3 Å². The number of hydrogen-bond acceptors (Lipinski definition) is 0. The Labute approximate surface area is 315 Å². The molecule has 2 fully saturated rings. The van der Waals surface area contributed by atoms with Gasteiger partial charge in [0, 0.05) is 0 Å². The first-order chi connectivity index (χ1) is 22.3. The summed E-state index contributed by atoms with van der Waals surface area (Å²) in [5, 5.41) is 3.96. The molecule has 0 aromatic heterocycles. The van der Waals surface area contributed by atoms with Gasteiger partial charge in [-0.2, -0.15) is 0 Å². The Kier molecular flexibility index (Phi) is 17.8. The van der Waals surface area contributed by atoms with Gasteiger partial charge >= 0.3 is 293 Å². The van der Waals surface area contributed by atoms with Gasteiger partial charge in [0.15, 0.2) is 0 Å². The van der Waals surface area contributed by atoms with Crippen molar-refractivity contribution in [3.63, 3.8) is 0 Å². The molecule has 0 radical (unpaired) electrons. The first-order valence-electron chi connectivity index (χ1n) is 19.2. The van der Waals surface area contributed by atoms with Crippen molar-refractivity contribution in [2.45, 2.75) is 148 Å². The fraction of sp³-hybridized carbons (Fsp3) is 0.619. The van der Waals surface area contributed by atoms with Gasteiger partial charge in [-0.05, 0) is 0 Å². The van der Waals surface area contributed by atoms with Gasteiger partial charge in [-0.25, -0.2) is 0 Å². The van der Waals surface area contributed by atoms with Crippen molar-refractivity contribution in [1.82, 2.24) is 0 Å². The Hall–Kier alpha value is 0.243. The molecule has 0 amide bonds. The van der Waals surface area contributed by atoms with Gasteiger partial charge in [-0.1, -0.05) is 0 Å². The summed E-state index contributed by atoms with van der Waals surface area (Å²) in [6, 6.07) is 19.5. The van der Waals surface area contributed by atoms with Gasteiger partial charge in [0.2, 0.25) is 0 Å². The predicted molar refractivity (Wildman–Crippen MR) is 200 cm³/mol.